The zero-order valence-electron chi connectivity index (χ0n) is 22.3. The molecule has 8 heteroatoms. The molecule has 0 bridgehead atoms. The zero-order valence-corrected chi connectivity index (χ0v) is 22.3. The van der Waals surface area contributed by atoms with Crippen LogP contribution in [0.4, 0.5) is 0 Å². The molecule has 0 spiro atoms. The first-order chi connectivity index (χ1) is 19.1. The van der Waals surface area contributed by atoms with Crippen LogP contribution >= 0.6 is 0 Å². The molecule has 2 aliphatic heterocycles. The molecule has 5 atom stereocenters. The average molecular weight is 532 g/mol. The lowest BCUT2D eigenvalue weighted by atomic mass is 9.90. The summed E-state index contributed by atoms with van der Waals surface area (Å²) in [5, 5.41) is 22.3. The highest BCUT2D eigenvalue weighted by molar-refractivity contribution is 5.93. The number of hydrogen-bond acceptors (Lipinski definition) is 7. The van der Waals surface area contributed by atoms with E-state index in [2.05, 4.69) is 22.1 Å². The number of nitrogens with zero attached hydrogens (tertiary/aromatic N) is 2. The van der Waals surface area contributed by atoms with Gasteiger partial charge in [-0.3, -0.25) is 14.7 Å². The number of carbonyl (C=O) groups is 1. The van der Waals surface area contributed by atoms with Gasteiger partial charge in [0.2, 0.25) is 0 Å². The molecule has 5 unspecified atom stereocenters. The van der Waals surface area contributed by atoms with Crippen LogP contribution in [0, 0.1) is 5.92 Å². The molecule has 1 amide bonds. The molecular formula is C31H37N3O5. The lowest BCUT2D eigenvalue weighted by Crippen LogP contribution is -2.46. The highest BCUT2D eigenvalue weighted by Gasteiger charge is 2.40. The van der Waals surface area contributed by atoms with Gasteiger partial charge in [-0.05, 0) is 48.2 Å². The van der Waals surface area contributed by atoms with Crippen LogP contribution < -0.4 is 5.32 Å². The summed E-state index contributed by atoms with van der Waals surface area (Å²) < 4.78 is 13.1. The molecule has 2 fully saturated rings. The lowest BCUT2D eigenvalue weighted by Gasteiger charge is -2.43. The fraction of sp³-hybridized carbons (Fsp3) is 0.419. The number of aromatic nitrogens is 1. The smallest absolute Gasteiger partial charge is 0.253 e. The summed E-state index contributed by atoms with van der Waals surface area (Å²) in [6, 6.07) is 19.5. The van der Waals surface area contributed by atoms with E-state index in [9.17, 15) is 15.0 Å². The van der Waals surface area contributed by atoms with Crippen molar-refractivity contribution < 1.29 is 24.5 Å². The Morgan fingerprint density at radius 1 is 1.03 bits per heavy atom. The molecule has 1 aromatic heterocycles. The maximum atomic E-state index is 12.4. The third-order valence-electron chi connectivity index (χ3n) is 7.88. The molecule has 3 heterocycles. The van der Waals surface area contributed by atoms with Crippen LogP contribution in [0.25, 0.3) is 0 Å². The van der Waals surface area contributed by atoms with Crippen molar-refractivity contribution in [1.82, 2.24) is 15.2 Å². The molecule has 206 valence electrons. The fourth-order valence-electron chi connectivity index (χ4n) is 5.48. The van der Waals surface area contributed by atoms with E-state index in [1.165, 1.54) is 0 Å². The first-order valence-corrected chi connectivity index (χ1v) is 13.7. The Labute approximate surface area is 229 Å². The quantitative estimate of drug-likeness (QED) is 0.386. The minimum atomic E-state index is -0.553. The van der Waals surface area contributed by atoms with Gasteiger partial charge in [0.05, 0.1) is 31.0 Å². The highest BCUT2D eigenvalue weighted by Crippen LogP contribution is 2.42. The van der Waals surface area contributed by atoms with Crippen LogP contribution in [0.1, 0.15) is 64.8 Å². The van der Waals surface area contributed by atoms with Crippen molar-refractivity contribution in [2.45, 2.75) is 57.5 Å². The number of ether oxygens (including phenoxy) is 2. The summed E-state index contributed by atoms with van der Waals surface area (Å²) >= 11 is 0. The summed E-state index contributed by atoms with van der Waals surface area (Å²) in [5.74, 6) is -0.0794. The van der Waals surface area contributed by atoms with Gasteiger partial charge in [-0.2, -0.15) is 0 Å². The zero-order chi connectivity index (χ0) is 27.2. The average Bonchev–Trinajstić information content (AvgIpc) is 3.45. The van der Waals surface area contributed by atoms with Crippen LogP contribution in [0.2, 0.25) is 0 Å². The van der Waals surface area contributed by atoms with Crippen LogP contribution in [0.3, 0.4) is 0 Å². The molecule has 5 rings (SSSR count). The van der Waals surface area contributed by atoms with Gasteiger partial charge in [-0.15, -0.1) is 0 Å². The van der Waals surface area contributed by atoms with Crippen molar-refractivity contribution >= 4 is 5.91 Å². The second kappa shape index (κ2) is 12.8. The predicted octanol–water partition coefficient (Wildman–Crippen LogP) is 3.75. The van der Waals surface area contributed by atoms with E-state index in [1.807, 2.05) is 48.5 Å². The van der Waals surface area contributed by atoms with Crippen LogP contribution in [0.15, 0.2) is 73.1 Å². The number of hydrogen-bond donors (Lipinski definition) is 3. The number of rotatable bonds is 9. The van der Waals surface area contributed by atoms with Crippen LogP contribution in [-0.4, -0.2) is 57.8 Å². The second-order valence-electron chi connectivity index (χ2n) is 10.5. The Kier molecular flexibility index (Phi) is 9.01. The van der Waals surface area contributed by atoms with E-state index < -0.39 is 6.29 Å². The monoisotopic (exact) mass is 531 g/mol. The van der Waals surface area contributed by atoms with Crippen molar-refractivity contribution in [2.75, 3.05) is 19.7 Å². The van der Waals surface area contributed by atoms with Crippen molar-refractivity contribution in [1.29, 1.82) is 0 Å². The van der Waals surface area contributed by atoms with Gasteiger partial charge in [0, 0.05) is 43.0 Å². The largest absolute Gasteiger partial charge is 0.395 e. The summed E-state index contributed by atoms with van der Waals surface area (Å²) in [5.41, 5.74) is 4.31. The van der Waals surface area contributed by atoms with E-state index in [-0.39, 0.29) is 43.3 Å². The summed E-state index contributed by atoms with van der Waals surface area (Å²) in [6.45, 7) is 4.41. The first kappa shape index (κ1) is 27.4. The Bertz CT molecular complexity index is 1210. The third kappa shape index (κ3) is 6.54. The molecule has 0 aliphatic carbocycles. The SMILES string of the molecule is CC1C(CN2CCCC2CO)OC(c2ccc(CNC(=O)c3cccnc3)cc2)OC1c1ccc(CO)cc1. The van der Waals surface area contributed by atoms with E-state index in [0.717, 1.165) is 48.2 Å². The minimum Gasteiger partial charge on any atom is -0.395 e. The number of aliphatic hydroxyl groups is 2. The summed E-state index contributed by atoms with van der Waals surface area (Å²) in [6.07, 6.45) is 4.45. The molecule has 0 radical (unpaired) electrons. The third-order valence-corrected chi connectivity index (χ3v) is 7.88. The van der Waals surface area contributed by atoms with Gasteiger partial charge >= 0.3 is 0 Å². The normalized spacial score (nSPS) is 25.5. The molecule has 2 saturated heterocycles. The Balaban J connectivity index is 1.31. The minimum absolute atomic E-state index is 0.00225. The Morgan fingerprint density at radius 2 is 1.77 bits per heavy atom. The van der Waals surface area contributed by atoms with Crippen molar-refractivity contribution in [2.24, 2.45) is 5.92 Å². The van der Waals surface area contributed by atoms with E-state index in [4.69, 9.17) is 9.47 Å². The predicted molar refractivity (Wildman–Crippen MR) is 146 cm³/mol. The van der Waals surface area contributed by atoms with E-state index in [1.54, 1.807) is 24.5 Å². The second-order valence-corrected chi connectivity index (χ2v) is 10.5. The van der Waals surface area contributed by atoms with Gasteiger partial charge in [0.15, 0.2) is 6.29 Å². The molecule has 3 N–H and O–H groups in total. The Hall–Kier alpha value is -3.14. The fourth-order valence-corrected chi connectivity index (χ4v) is 5.48. The topological polar surface area (TPSA) is 104 Å². The van der Waals surface area contributed by atoms with Crippen molar-refractivity contribution in [3.8, 4) is 0 Å². The maximum Gasteiger partial charge on any atom is 0.253 e. The van der Waals surface area contributed by atoms with Crippen molar-refractivity contribution in [3.63, 3.8) is 0 Å². The highest BCUT2D eigenvalue weighted by atomic mass is 16.7. The Morgan fingerprint density at radius 3 is 2.46 bits per heavy atom. The number of nitrogens with one attached hydrogen (secondary N) is 1. The van der Waals surface area contributed by atoms with Gasteiger partial charge in [-0.1, -0.05) is 55.5 Å². The molecular weight excluding hydrogens is 494 g/mol. The lowest BCUT2D eigenvalue weighted by molar-refractivity contribution is -0.276. The van der Waals surface area contributed by atoms with Crippen LogP contribution in [-0.2, 0) is 22.6 Å². The number of likely N-dealkylation sites (tertiary alicyclic amines) is 1. The molecule has 8 nitrogen and oxygen atoms in total. The maximum absolute atomic E-state index is 12.4. The van der Waals surface area contributed by atoms with Gasteiger partial charge in [-0.25, -0.2) is 0 Å². The van der Waals surface area contributed by atoms with E-state index >= 15 is 0 Å². The van der Waals surface area contributed by atoms with E-state index in [0.29, 0.717) is 12.1 Å². The number of amides is 1. The molecule has 3 aromatic rings. The van der Waals surface area contributed by atoms with Gasteiger partial charge < -0.3 is 25.0 Å². The molecule has 39 heavy (non-hydrogen) atoms. The number of carbonyl (C=O) groups excluding carboxylic acids is 1. The summed E-state index contributed by atoms with van der Waals surface area (Å²) in [4.78, 5) is 18.7. The van der Waals surface area contributed by atoms with Gasteiger partial charge in [0.1, 0.15) is 0 Å². The number of benzene rings is 2. The first-order valence-electron chi connectivity index (χ1n) is 13.7. The molecule has 2 aromatic carbocycles. The molecule has 2 aliphatic rings. The van der Waals surface area contributed by atoms with Gasteiger partial charge in [0.25, 0.3) is 5.91 Å². The van der Waals surface area contributed by atoms with Crippen molar-refractivity contribution in [3.05, 3.63) is 101 Å². The van der Waals surface area contributed by atoms with Crippen LogP contribution in [0.5, 0.6) is 0 Å². The summed E-state index contributed by atoms with van der Waals surface area (Å²) in [7, 11) is 0. The standard InChI is InChI=1S/C31H37N3O5/c1-21-28(18-34-15-3-5-27(34)20-36)38-31(39-29(21)24-10-8-23(19-35)9-11-24)25-12-6-22(7-13-25)16-33-30(37)26-4-2-14-32-17-26/h2,4,6-14,17,21,27-29,31,35-36H,3,5,15-16,18-20H2,1H3,(H,33,37). The number of aliphatic hydroxyl groups excluding tert-OH is 2. The number of pyridine rings is 1. The molecule has 0 saturated carbocycles.